The van der Waals surface area contributed by atoms with Crippen molar-refractivity contribution in [3.05, 3.63) is 53.7 Å². The summed E-state index contributed by atoms with van der Waals surface area (Å²) < 4.78 is 0. The van der Waals surface area contributed by atoms with Crippen LogP contribution in [0.3, 0.4) is 0 Å². The highest BCUT2D eigenvalue weighted by atomic mass is 14.7. The van der Waals surface area contributed by atoms with Crippen LogP contribution in [0.4, 0.5) is 0 Å². The number of nitrogens with two attached hydrogens (primary N) is 1. The van der Waals surface area contributed by atoms with Gasteiger partial charge < -0.3 is 5.73 Å². The fourth-order valence-corrected chi connectivity index (χ4v) is 2.05. The molecular weight excluding hydrogens is 172 g/mol. The van der Waals surface area contributed by atoms with Crippen LogP contribution in [0.5, 0.6) is 0 Å². The van der Waals surface area contributed by atoms with Gasteiger partial charge in [-0.15, -0.1) is 0 Å². The van der Waals surface area contributed by atoms with E-state index in [1.165, 1.54) is 11.1 Å². The van der Waals surface area contributed by atoms with Crippen molar-refractivity contribution in [2.75, 3.05) is 0 Å². The van der Waals surface area contributed by atoms with Gasteiger partial charge in [-0.1, -0.05) is 30.3 Å². The van der Waals surface area contributed by atoms with E-state index < -0.39 is 0 Å². The zero-order valence-corrected chi connectivity index (χ0v) is 7.64. The number of rotatable bonds is 0. The second-order valence-corrected chi connectivity index (χ2v) is 3.51. The number of hydrogen-bond donors (Lipinski definition) is 1. The van der Waals surface area contributed by atoms with Crippen LogP contribution in [0.2, 0.25) is 0 Å². The van der Waals surface area contributed by atoms with Gasteiger partial charge in [-0.05, 0) is 17.2 Å². The van der Waals surface area contributed by atoms with E-state index in [4.69, 9.17) is 5.73 Å². The van der Waals surface area contributed by atoms with E-state index in [9.17, 15) is 0 Å². The standard InChI is InChI=1S/C12H10N2/c13-11-8-4-1-2-5-9(8)12-10(11)6-3-7-14-12/h1-7,11H,13H2. The summed E-state index contributed by atoms with van der Waals surface area (Å²) >= 11 is 0. The molecular formula is C12H10N2. The molecule has 0 spiro atoms. The van der Waals surface area contributed by atoms with Crippen molar-refractivity contribution in [3.8, 4) is 11.3 Å². The normalized spacial score (nSPS) is 17.6. The molecule has 14 heavy (non-hydrogen) atoms. The Morgan fingerprint density at radius 2 is 1.79 bits per heavy atom. The molecule has 0 aliphatic heterocycles. The molecule has 1 aliphatic carbocycles. The lowest BCUT2D eigenvalue weighted by Crippen LogP contribution is -2.07. The van der Waals surface area contributed by atoms with Crippen LogP contribution in [0.15, 0.2) is 42.6 Å². The summed E-state index contributed by atoms with van der Waals surface area (Å²) in [6, 6.07) is 12.2. The monoisotopic (exact) mass is 182 g/mol. The second-order valence-electron chi connectivity index (χ2n) is 3.51. The largest absolute Gasteiger partial charge is 0.320 e. The van der Waals surface area contributed by atoms with E-state index in [2.05, 4.69) is 17.1 Å². The highest BCUT2D eigenvalue weighted by Crippen LogP contribution is 2.39. The van der Waals surface area contributed by atoms with Crippen molar-refractivity contribution in [2.24, 2.45) is 5.73 Å². The van der Waals surface area contributed by atoms with Gasteiger partial charge in [0.1, 0.15) is 0 Å². The van der Waals surface area contributed by atoms with Gasteiger partial charge in [-0.25, -0.2) is 0 Å². The van der Waals surface area contributed by atoms with Crippen molar-refractivity contribution >= 4 is 0 Å². The predicted octanol–water partition coefficient (Wildman–Crippen LogP) is 2.11. The van der Waals surface area contributed by atoms with Gasteiger partial charge in [-0.2, -0.15) is 0 Å². The second kappa shape index (κ2) is 2.66. The number of pyridine rings is 1. The van der Waals surface area contributed by atoms with E-state index in [0.717, 1.165) is 11.3 Å². The van der Waals surface area contributed by atoms with Gasteiger partial charge in [0.2, 0.25) is 0 Å². The highest BCUT2D eigenvalue weighted by molar-refractivity contribution is 5.75. The summed E-state index contributed by atoms with van der Waals surface area (Å²) in [5.74, 6) is 0. The maximum absolute atomic E-state index is 6.12. The van der Waals surface area contributed by atoms with Crippen molar-refractivity contribution in [3.63, 3.8) is 0 Å². The summed E-state index contributed by atoms with van der Waals surface area (Å²) in [6.45, 7) is 0. The lowest BCUT2D eigenvalue weighted by atomic mass is 10.1. The third-order valence-electron chi connectivity index (χ3n) is 2.72. The molecule has 2 heteroatoms. The quantitative estimate of drug-likeness (QED) is 0.677. The maximum Gasteiger partial charge on any atom is 0.0756 e. The molecule has 1 aromatic heterocycles. The lowest BCUT2D eigenvalue weighted by Gasteiger charge is -2.04. The van der Waals surface area contributed by atoms with Gasteiger partial charge in [-0.3, -0.25) is 4.98 Å². The molecule has 3 rings (SSSR count). The number of benzene rings is 1. The molecule has 0 saturated carbocycles. The van der Waals surface area contributed by atoms with Crippen molar-refractivity contribution < 1.29 is 0 Å². The third-order valence-corrected chi connectivity index (χ3v) is 2.72. The molecule has 0 amide bonds. The first-order valence-corrected chi connectivity index (χ1v) is 4.68. The molecule has 1 aromatic carbocycles. The van der Waals surface area contributed by atoms with Crippen LogP contribution < -0.4 is 5.73 Å². The zero-order chi connectivity index (χ0) is 9.54. The minimum atomic E-state index is -0.00472. The fourth-order valence-electron chi connectivity index (χ4n) is 2.05. The minimum absolute atomic E-state index is 0.00472. The summed E-state index contributed by atoms with van der Waals surface area (Å²) in [6.07, 6.45) is 1.81. The van der Waals surface area contributed by atoms with E-state index in [1.807, 2.05) is 30.5 Å². The summed E-state index contributed by atoms with van der Waals surface area (Å²) in [7, 11) is 0. The number of aromatic nitrogens is 1. The van der Waals surface area contributed by atoms with Gasteiger partial charge in [0.05, 0.1) is 11.7 Å². The highest BCUT2D eigenvalue weighted by Gasteiger charge is 2.25. The van der Waals surface area contributed by atoms with Crippen LogP contribution in [0.25, 0.3) is 11.3 Å². The Balaban J connectivity index is 2.36. The molecule has 1 aliphatic rings. The predicted molar refractivity (Wildman–Crippen MR) is 55.7 cm³/mol. The Hall–Kier alpha value is -1.67. The van der Waals surface area contributed by atoms with E-state index >= 15 is 0 Å². The van der Waals surface area contributed by atoms with E-state index in [-0.39, 0.29) is 6.04 Å². The molecule has 1 atom stereocenters. The number of fused-ring (bicyclic) bond motifs is 3. The minimum Gasteiger partial charge on any atom is -0.320 e. The van der Waals surface area contributed by atoms with Crippen LogP contribution in [-0.4, -0.2) is 4.98 Å². The SMILES string of the molecule is NC1c2ccccc2-c2ncccc21. The van der Waals surface area contributed by atoms with Gasteiger partial charge >= 0.3 is 0 Å². The van der Waals surface area contributed by atoms with Gasteiger partial charge in [0.15, 0.2) is 0 Å². The van der Waals surface area contributed by atoms with E-state index in [0.29, 0.717) is 0 Å². The Kier molecular flexibility index (Phi) is 1.46. The molecule has 1 heterocycles. The van der Waals surface area contributed by atoms with Gasteiger partial charge in [0, 0.05) is 11.8 Å². The molecule has 2 N–H and O–H groups in total. The molecule has 0 saturated heterocycles. The average molecular weight is 182 g/mol. The van der Waals surface area contributed by atoms with Crippen LogP contribution >= 0.6 is 0 Å². The van der Waals surface area contributed by atoms with E-state index in [1.54, 1.807) is 0 Å². The molecule has 0 fully saturated rings. The zero-order valence-electron chi connectivity index (χ0n) is 7.64. The Labute approximate surface area is 82.4 Å². The first-order chi connectivity index (χ1) is 6.88. The summed E-state index contributed by atoms with van der Waals surface area (Å²) in [5, 5.41) is 0. The molecule has 2 aromatic rings. The van der Waals surface area contributed by atoms with Crippen molar-refractivity contribution in [1.29, 1.82) is 0 Å². The Bertz CT molecular complexity index is 446. The molecule has 68 valence electrons. The number of nitrogens with zero attached hydrogens (tertiary/aromatic N) is 1. The third kappa shape index (κ3) is 0.860. The maximum atomic E-state index is 6.12. The topological polar surface area (TPSA) is 38.9 Å². The first-order valence-electron chi connectivity index (χ1n) is 4.68. The fraction of sp³-hybridized carbons (Fsp3) is 0.0833. The molecule has 1 unspecified atom stereocenters. The number of hydrogen-bond acceptors (Lipinski definition) is 2. The Morgan fingerprint density at radius 3 is 2.71 bits per heavy atom. The smallest absolute Gasteiger partial charge is 0.0756 e. The summed E-state index contributed by atoms with van der Waals surface area (Å²) in [4.78, 5) is 4.37. The van der Waals surface area contributed by atoms with Gasteiger partial charge in [0.25, 0.3) is 0 Å². The molecule has 0 bridgehead atoms. The lowest BCUT2D eigenvalue weighted by molar-refractivity contribution is 0.897. The van der Waals surface area contributed by atoms with Crippen molar-refractivity contribution in [2.45, 2.75) is 6.04 Å². The summed E-state index contributed by atoms with van der Waals surface area (Å²) in [5.41, 5.74) is 10.6. The van der Waals surface area contributed by atoms with Crippen molar-refractivity contribution in [1.82, 2.24) is 4.98 Å². The molecule has 2 nitrogen and oxygen atoms in total. The average Bonchev–Trinajstić information content (AvgIpc) is 2.55. The Morgan fingerprint density at radius 1 is 1.00 bits per heavy atom. The van der Waals surface area contributed by atoms with Crippen LogP contribution in [-0.2, 0) is 0 Å². The molecule has 0 radical (unpaired) electrons. The first kappa shape index (κ1) is 7.71. The van der Waals surface area contributed by atoms with Crippen LogP contribution in [0.1, 0.15) is 17.2 Å². The van der Waals surface area contributed by atoms with Crippen LogP contribution in [0, 0.1) is 0 Å².